The van der Waals surface area contributed by atoms with Crippen molar-refractivity contribution in [3.63, 3.8) is 0 Å². The summed E-state index contributed by atoms with van der Waals surface area (Å²) in [5.74, 6) is -0.773. The van der Waals surface area contributed by atoms with Crippen LogP contribution in [0.4, 0.5) is 28.0 Å². The molecule has 1 saturated heterocycles. The highest BCUT2D eigenvalue weighted by Gasteiger charge is 2.44. The molecule has 0 saturated carbocycles. The summed E-state index contributed by atoms with van der Waals surface area (Å²) < 4.78 is 67.0. The van der Waals surface area contributed by atoms with Crippen molar-refractivity contribution in [2.45, 2.75) is 69.0 Å². The van der Waals surface area contributed by atoms with Crippen molar-refractivity contribution in [1.29, 1.82) is 0 Å². The average molecular weight is 560 g/mol. The van der Waals surface area contributed by atoms with Crippen molar-refractivity contribution in [2.75, 3.05) is 25.0 Å². The number of fused-ring (bicyclic) bond motifs is 1. The first-order valence-electron chi connectivity index (χ1n) is 13.4. The first kappa shape index (κ1) is 30.0. The first-order chi connectivity index (χ1) is 18.4. The zero-order valence-corrected chi connectivity index (χ0v) is 23.7. The van der Waals surface area contributed by atoms with Crippen LogP contribution in [0.1, 0.15) is 68.9 Å². The molecule has 2 aliphatic heterocycles. The van der Waals surface area contributed by atoms with E-state index in [9.17, 15) is 27.2 Å². The van der Waals surface area contributed by atoms with Gasteiger partial charge in [0.1, 0.15) is 27.1 Å². The molecule has 0 radical (unpaired) electrons. The van der Waals surface area contributed by atoms with Crippen LogP contribution in [0.3, 0.4) is 0 Å². The van der Waals surface area contributed by atoms with Crippen LogP contribution in [0.25, 0.3) is 0 Å². The number of nitrogens with zero attached hydrogens (tertiary/aromatic N) is 1. The number of rotatable bonds is 5. The maximum Gasteiger partial charge on any atom is 0.416 e. The van der Waals surface area contributed by atoms with Crippen molar-refractivity contribution in [2.24, 2.45) is 0 Å². The highest BCUT2D eigenvalue weighted by Crippen LogP contribution is 2.45. The van der Waals surface area contributed by atoms with Crippen LogP contribution >= 0.6 is 0 Å². The molecule has 2 aromatic rings. The number of benzene rings is 2. The molecule has 0 spiro atoms. The molecule has 1 fully saturated rings. The number of amides is 2. The van der Waals surface area contributed by atoms with Gasteiger partial charge in [-0.25, -0.2) is 9.18 Å². The Morgan fingerprint density at radius 2 is 1.70 bits per heavy atom. The van der Waals surface area contributed by atoms with Crippen LogP contribution in [0.15, 0.2) is 36.4 Å². The monoisotopic (exact) mass is 560 g/mol. The van der Waals surface area contributed by atoms with Gasteiger partial charge in [-0.05, 0) is 75.9 Å². The van der Waals surface area contributed by atoms with Gasteiger partial charge in [-0.2, -0.15) is 13.2 Å². The highest BCUT2D eigenvalue weighted by atomic mass is 19.4. The predicted molar refractivity (Wildman–Crippen MR) is 148 cm³/mol. The second kappa shape index (κ2) is 10.4. The van der Waals surface area contributed by atoms with Gasteiger partial charge in [0.25, 0.3) is 0 Å². The Balaban J connectivity index is 1.62. The van der Waals surface area contributed by atoms with E-state index in [0.717, 1.165) is 17.7 Å². The Morgan fingerprint density at radius 3 is 2.25 bits per heavy atom. The van der Waals surface area contributed by atoms with Crippen molar-refractivity contribution < 1.29 is 36.6 Å². The van der Waals surface area contributed by atoms with Crippen molar-refractivity contribution in [1.82, 2.24) is 4.90 Å². The number of alkyl halides is 3. The minimum absolute atomic E-state index is 0.115. The fourth-order valence-corrected chi connectivity index (χ4v) is 5.31. The molecular formula is C28H34B2F4N2O4. The lowest BCUT2D eigenvalue weighted by atomic mass is 9.51. The van der Waals surface area contributed by atoms with Crippen molar-refractivity contribution in [3.8, 4) is 0 Å². The molecule has 4 rings (SSSR count). The summed E-state index contributed by atoms with van der Waals surface area (Å²) in [5, 5.41) is 1.62. The molecular weight excluding hydrogens is 526 g/mol. The Labute approximate surface area is 233 Å². The number of piperidine rings is 1. The second-order valence-corrected chi connectivity index (χ2v) is 12.3. The van der Waals surface area contributed by atoms with Gasteiger partial charge in [0.2, 0.25) is 5.91 Å². The normalized spacial score (nSPS) is 19.1. The van der Waals surface area contributed by atoms with Crippen molar-refractivity contribution in [3.05, 3.63) is 64.5 Å². The fraction of sp³-hybridized carbons (Fsp3) is 0.500. The fourth-order valence-electron chi connectivity index (χ4n) is 5.31. The summed E-state index contributed by atoms with van der Waals surface area (Å²) >= 11 is 0. The largest absolute Gasteiger partial charge is 0.444 e. The van der Waals surface area contributed by atoms with Crippen LogP contribution in [-0.2, 0) is 31.1 Å². The van der Waals surface area contributed by atoms with Gasteiger partial charge in [0, 0.05) is 35.0 Å². The van der Waals surface area contributed by atoms with E-state index in [1.807, 2.05) is 0 Å². The Bertz CT molecular complexity index is 1280. The van der Waals surface area contributed by atoms with Gasteiger partial charge in [-0.1, -0.05) is 12.1 Å². The molecule has 6 nitrogen and oxygen atoms in total. The zero-order chi connectivity index (χ0) is 29.7. The summed E-state index contributed by atoms with van der Waals surface area (Å²) in [6, 6.07) is 8.13. The predicted octanol–water partition coefficient (Wildman–Crippen LogP) is 4.26. The number of ether oxygens (including phenoxy) is 2. The van der Waals surface area contributed by atoms with E-state index in [2.05, 4.69) is 5.32 Å². The quantitative estimate of drug-likeness (QED) is 0.439. The summed E-state index contributed by atoms with van der Waals surface area (Å²) in [7, 11) is 3.18. The molecule has 2 heterocycles. The lowest BCUT2D eigenvalue weighted by molar-refractivity contribution is -0.137. The molecule has 0 aromatic heterocycles. The molecule has 1 atom stereocenters. The number of likely N-dealkylation sites (tertiary alicyclic amines) is 1. The van der Waals surface area contributed by atoms with E-state index < -0.39 is 46.0 Å². The van der Waals surface area contributed by atoms with Gasteiger partial charge in [-0.15, -0.1) is 0 Å². The number of halogens is 4. The lowest BCUT2D eigenvalue weighted by Gasteiger charge is -2.42. The number of hydrogen-bond acceptors (Lipinski definition) is 4. The molecule has 2 amide bonds. The van der Waals surface area contributed by atoms with Crippen LogP contribution in [0.5, 0.6) is 0 Å². The highest BCUT2D eigenvalue weighted by molar-refractivity contribution is 6.54. The van der Waals surface area contributed by atoms with Gasteiger partial charge >= 0.3 is 12.3 Å². The smallest absolute Gasteiger partial charge is 0.416 e. The van der Waals surface area contributed by atoms with E-state index in [4.69, 9.17) is 9.47 Å². The topological polar surface area (TPSA) is 67.9 Å². The number of hydrogen-bond donors (Lipinski definition) is 1. The molecule has 0 bridgehead atoms. The van der Waals surface area contributed by atoms with E-state index >= 15 is 0 Å². The van der Waals surface area contributed by atoms with E-state index in [0.29, 0.717) is 31.6 Å². The molecule has 1 unspecified atom stereocenters. The average Bonchev–Trinajstić information content (AvgIpc) is 3.09. The van der Waals surface area contributed by atoms with E-state index in [-0.39, 0.29) is 23.6 Å². The molecule has 12 heteroatoms. The van der Waals surface area contributed by atoms with E-state index in [1.54, 1.807) is 60.4 Å². The SMILES string of the molecule is BC1(B)C(=O)Nc2c(C(C)OCC3(c4ccc(F)cc4)CCN(C(=O)OC(C)(C)C)CC3)cc(C(F)(F)F)cc21. The van der Waals surface area contributed by atoms with Gasteiger partial charge in [0.05, 0.1) is 18.3 Å². The van der Waals surface area contributed by atoms with Crippen molar-refractivity contribution >= 4 is 33.4 Å². The van der Waals surface area contributed by atoms with Gasteiger partial charge in [-0.3, -0.25) is 4.79 Å². The summed E-state index contributed by atoms with van der Waals surface area (Å²) in [4.78, 5) is 26.9. The summed E-state index contributed by atoms with van der Waals surface area (Å²) in [5.41, 5.74) is -0.440. The number of carbonyl (C=O) groups is 2. The molecule has 40 heavy (non-hydrogen) atoms. The molecule has 214 valence electrons. The third-order valence-corrected chi connectivity index (χ3v) is 7.85. The van der Waals surface area contributed by atoms with Gasteiger partial charge in [0.15, 0.2) is 0 Å². The minimum Gasteiger partial charge on any atom is -0.444 e. The minimum atomic E-state index is -4.60. The number of anilines is 1. The molecule has 2 aliphatic rings. The lowest BCUT2D eigenvalue weighted by Crippen LogP contribution is -2.48. The third kappa shape index (κ3) is 6.01. The Kier molecular flexibility index (Phi) is 7.81. The van der Waals surface area contributed by atoms with Crippen LogP contribution in [-0.4, -0.2) is 57.9 Å². The van der Waals surface area contributed by atoms with Gasteiger partial charge < -0.3 is 19.7 Å². The zero-order valence-electron chi connectivity index (χ0n) is 23.7. The first-order valence-corrected chi connectivity index (χ1v) is 13.4. The molecule has 1 N–H and O–H groups in total. The number of carbonyl (C=O) groups excluding carboxylic acids is 2. The Morgan fingerprint density at radius 1 is 1.10 bits per heavy atom. The maximum atomic E-state index is 13.8. The van der Waals surface area contributed by atoms with Crippen LogP contribution < -0.4 is 5.32 Å². The summed E-state index contributed by atoms with van der Waals surface area (Å²) in [6.45, 7) is 7.88. The Hall–Kier alpha value is -3.01. The summed E-state index contributed by atoms with van der Waals surface area (Å²) in [6.07, 6.45) is -4.86. The second-order valence-electron chi connectivity index (χ2n) is 12.3. The standard InChI is InChI=1S/C28H34B2F4N2O4/c1-16(20-13-18(28(32,33)34)14-21-22(20)35-23(37)27(21,29)30)39-15-26(17-5-7-19(31)8-6-17)9-11-36(12-10-26)24(38)40-25(2,3)4/h5-8,13-14,16H,9-12,15,29-30H2,1-4H3,(H,35,37). The van der Waals surface area contributed by atoms with E-state index in [1.165, 1.54) is 12.1 Å². The molecule has 2 aromatic carbocycles. The van der Waals surface area contributed by atoms with Crippen LogP contribution in [0.2, 0.25) is 0 Å². The molecule has 0 aliphatic carbocycles. The third-order valence-electron chi connectivity index (χ3n) is 7.85. The van der Waals surface area contributed by atoms with Crippen LogP contribution in [0, 0.1) is 5.82 Å². The number of nitrogens with one attached hydrogen (secondary N) is 1. The maximum absolute atomic E-state index is 13.8.